The highest BCUT2D eigenvalue weighted by Gasteiger charge is 2.16. The minimum absolute atomic E-state index is 0.0976. The standard InChI is InChI=1S/C16H19BrN2O/c1-4-20-13-8-12(9-19-10-13)16(18-3)14-6-5-7-15(17)11(14)2/h5-10,16,18H,4H2,1-3H3. The van der Waals surface area contributed by atoms with Crippen LogP contribution in [0.4, 0.5) is 0 Å². The van der Waals surface area contributed by atoms with E-state index < -0.39 is 0 Å². The van der Waals surface area contributed by atoms with Crippen LogP contribution in [0.1, 0.15) is 29.7 Å². The summed E-state index contributed by atoms with van der Waals surface area (Å²) in [6, 6.07) is 8.38. The largest absolute Gasteiger partial charge is 0.492 e. The van der Waals surface area contributed by atoms with Gasteiger partial charge in [-0.3, -0.25) is 4.98 Å². The SMILES string of the molecule is CCOc1cncc(C(NC)c2cccc(Br)c2C)c1. The molecule has 1 unspecified atom stereocenters. The van der Waals surface area contributed by atoms with Crippen LogP contribution >= 0.6 is 15.9 Å². The van der Waals surface area contributed by atoms with Crippen molar-refractivity contribution in [2.24, 2.45) is 0 Å². The molecule has 0 bridgehead atoms. The van der Waals surface area contributed by atoms with Gasteiger partial charge in [0.25, 0.3) is 0 Å². The van der Waals surface area contributed by atoms with Gasteiger partial charge in [0.2, 0.25) is 0 Å². The smallest absolute Gasteiger partial charge is 0.137 e. The normalized spacial score (nSPS) is 12.2. The van der Waals surface area contributed by atoms with Crippen molar-refractivity contribution in [3.05, 3.63) is 57.8 Å². The van der Waals surface area contributed by atoms with Crippen molar-refractivity contribution < 1.29 is 4.74 Å². The van der Waals surface area contributed by atoms with Crippen LogP contribution in [-0.2, 0) is 0 Å². The van der Waals surface area contributed by atoms with Crippen LogP contribution in [0.5, 0.6) is 5.75 Å². The van der Waals surface area contributed by atoms with Gasteiger partial charge in [-0.05, 0) is 49.7 Å². The lowest BCUT2D eigenvalue weighted by molar-refractivity contribution is 0.338. The predicted molar refractivity (Wildman–Crippen MR) is 85.2 cm³/mol. The summed E-state index contributed by atoms with van der Waals surface area (Å²) in [6.45, 7) is 4.73. The molecule has 0 amide bonds. The van der Waals surface area contributed by atoms with Gasteiger partial charge in [-0.15, -0.1) is 0 Å². The first-order chi connectivity index (χ1) is 9.67. The Balaban J connectivity index is 2.41. The van der Waals surface area contributed by atoms with Gasteiger partial charge in [-0.25, -0.2) is 0 Å². The van der Waals surface area contributed by atoms with E-state index in [-0.39, 0.29) is 6.04 Å². The first-order valence-electron chi connectivity index (χ1n) is 6.67. The van der Waals surface area contributed by atoms with Crippen LogP contribution in [0.25, 0.3) is 0 Å². The van der Waals surface area contributed by atoms with Crippen LogP contribution in [0.15, 0.2) is 41.1 Å². The van der Waals surface area contributed by atoms with E-state index in [0.29, 0.717) is 6.61 Å². The van der Waals surface area contributed by atoms with Crippen LogP contribution in [0, 0.1) is 6.92 Å². The van der Waals surface area contributed by atoms with E-state index in [2.05, 4.69) is 51.4 Å². The Morgan fingerprint density at radius 1 is 1.35 bits per heavy atom. The van der Waals surface area contributed by atoms with Gasteiger partial charge < -0.3 is 10.1 Å². The molecule has 1 aromatic heterocycles. The predicted octanol–water partition coefficient (Wildman–Crippen LogP) is 3.86. The van der Waals surface area contributed by atoms with Crippen molar-refractivity contribution in [3.8, 4) is 5.75 Å². The first-order valence-corrected chi connectivity index (χ1v) is 7.46. The molecular formula is C16H19BrN2O. The minimum atomic E-state index is 0.0976. The van der Waals surface area contributed by atoms with Gasteiger partial charge in [-0.1, -0.05) is 28.1 Å². The van der Waals surface area contributed by atoms with Crippen LogP contribution in [-0.4, -0.2) is 18.6 Å². The lowest BCUT2D eigenvalue weighted by Crippen LogP contribution is -2.19. The highest BCUT2D eigenvalue weighted by atomic mass is 79.9. The number of benzene rings is 1. The van der Waals surface area contributed by atoms with Gasteiger partial charge in [0.15, 0.2) is 0 Å². The van der Waals surface area contributed by atoms with Crippen molar-refractivity contribution in [1.29, 1.82) is 0 Å². The molecule has 0 saturated carbocycles. The summed E-state index contributed by atoms with van der Waals surface area (Å²) in [4.78, 5) is 4.27. The fourth-order valence-electron chi connectivity index (χ4n) is 2.28. The summed E-state index contributed by atoms with van der Waals surface area (Å²) in [6.07, 6.45) is 3.62. The number of pyridine rings is 1. The zero-order valence-electron chi connectivity index (χ0n) is 12.0. The maximum absolute atomic E-state index is 5.53. The molecule has 1 heterocycles. The summed E-state index contributed by atoms with van der Waals surface area (Å²) in [5.41, 5.74) is 3.56. The summed E-state index contributed by atoms with van der Waals surface area (Å²) in [7, 11) is 1.96. The van der Waals surface area contributed by atoms with Gasteiger partial charge in [0.05, 0.1) is 18.8 Å². The summed E-state index contributed by atoms with van der Waals surface area (Å²) in [5.74, 6) is 0.804. The van der Waals surface area contributed by atoms with E-state index in [1.165, 1.54) is 11.1 Å². The highest BCUT2D eigenvalue weighted by molar-refractivity contribution is 9.10. The van der Waals surface area contributed by atoms with E-state index in [1.54, 1.807) is 6.20 Å². The Morgan fingerprint density at radius 3 is 2.85 bits per heavy atom. The van der Waals surface area contributed by atoms with Crippen molar-refractivity contribution in [3.63, 3.8) is 0 Å². The molecular weight excluding hydrogens is 316 g/mol. The Hall–Kier alpha value is -1.39. The number of halogens is 1. The fourth-order valence-corrected chi connectivity index (χ4v) is 2.66. The molecule has 1 atom stereocenters. The molecule has 4 heteroatoms. The Morgan fingerprint density at radius 2 is 2.15 bits per heavy atom. The lowest BCUT2D eigenvalue weighted by Gasteiger charge is -2.20. The molecule has 3 nitrogen and oxygen atoms in total. The van der Waals surface area contributed by atoms with E-state index in [9.17, 15) is 0 Å². The zero-order chi connectivity index (χ0) is 14.5. The molecule has 0 aliphatic carbocycles. The number of rotatable bonds is 5. The molecule has 2 rings (SSSR count). The average Bonchev–Trinajstić information content (AvgIpc) is 2.45. The van der Waals surface area contributed by atoms with Crippen LogP contribution < -0.4 is 10.1 Å². The second-order valence-electron chi connectivity index (χ2n) is 4.56. The average molecular weight is 335 g/mol. The molecule has 2 aromatic rings. The molecule has 0 aliphatic rings. The van der Waals surface area contributed by atoms with Gasteiger partial charge >= 0.3 is 0 Å². The minimum Gasteiger partial charge on any atom is -0.492 e. The zero-order valence-corrected chi connectivity index (χ0v) is 13.6. The number of ether oxygens (including phenoxy) is 1. The quantitative estimate of drug-likeness (QED) is 0.901. The number of hydrogen-bond donors (Lipinski definition) is 1. The lowest BCUT2D eigenvalue weighted by atomic mass is 9.96. The topological polar surface area (TPSA) is 34.1 Å². The summed E-state index contributed by atoms with van der Waals surface area (Å²) >= 11 is 3.59. The number of nitrogens with zero attached hydrogens (tertiary/aromatic N) is 1. The van der Waals surface area contributed by atoms with Crippen molar-refractivity contribution in [2.75, 3.05) is 13.7 Å². The third kappa shape index (κ3) is 3.19. The molecule has 106 valence electrons. The number of aromatic nitrogens is 1. The Labute approximate surface area is 128 Å². The third-order valence-corrected chi connectivity index (χ3v) is 4.15. The molecule has 0 saturated heterocycles. The number of nitrogens with one attached hydrogen (secondary N) is 1. The molecule has 0 radical (unpaired) electrons. The van der Waals surface area contributed by atoms with E-state index in [1.807, 2.05) is 26.2 Å². The van der Waals surface area contributed by atoms with Gasteiger partial charge in [-0.2, -0.15) is 0 Å². The van der Waals surface area contributed by atoms with Crippen LogP contribution in [0.3, 0.4) is 0 Å². The second-order valence-corrected chi connectivity index (χ2v) is 5.42. The number of hydrogen-bond acceptors (Lipinski definition) is 3. The maximum atomic E-state index is 5.53. The molecule has 20 heavy (non-hydrogen) atoms. The molecule has 0 fully saturated rings. The molecule has 0 spiro atoms. The summed E-state index contributed by atoms with van der Waals surface area (Å²) < 4.78 is 6.65. The van der Waals surface area contributed by atoms with E-state index in [0.717, 1.165) is 15.8 Å². The van der Waals surface area contributed by atoms with Crippen molar-refractivity contribution >= 4 is 15.9 Å². The van der Waals surface area contributed by atoms with E-state index >= 15 is 0 Å². The highest BCUT2D eigenvalue weighted by Crippen LogP contribution is 2.29. The third-order valence-electron chi connectivity index (χ3n) is 3.29. The fraction of sp³-hybridized carbons (Fsp3) is 0.312. The van der Waals surface area contributed by atoms with Gasteiger partial charge in [0.1, 0.15) is 5.75 Å². The van der Waals surface area contributed by atoms with Crippen molar-refractivity contribution in [1.82, 2.24) is 10.3 Å². The second kappa shape index (κ2) is 6.86. The van der Waals surface area contributed by atoms with Crippen molar-refractivity contribution in [2.45, 2.75) is 19.9 Å². The molecule has 1 aromatic carbocycles. The Kier molecular flexibility index (Phi) is 5.15. The Bertz CT molecular complexity index is 586. The molecule has 0 aliphatic heterocycles. The van der Waals surface area contributed by atoms with Gasteiger partial charge in [0, 0.05) is 10.7 Å². The van der Waals surface area contributed by atoms with E-state index in [4.69, 9.17) is 4.74 Å². The maximum Gasteiger partial charge on any atom is 0.137 e. The monoisotopic (exact) mass is 334 g/mol. The van der Waals surface area contributed by atoms with Crippen LogP contribution in [0.2, 0.25) is 0 Å². The summed E-state index contributed by atoms with van der Waals surface area (Å²) in [5, 5.41) is 3.36. The molecule has 1 N–H and O–H groups in total. The first kappa shape index (κ1) is 15.0.